The number of rotatable bonds is 2. The van der Waals surface area contributed by atoms with Crippen molar-refractivity contribution < 1.29 is 34.7 Å². The van der Waals surface area contributed by atoms with E-state index in [0.29, 0.717) is 11.1 Å². The van der Waals surface area contributed by atoms with Gasteiger partial charge in [0.15, 0.2) is 0 Å². The number of pyridine rings is 1. The first-order valence-corrected chi connectivity index (χ1v) is 6.64. The van der Waals surface area contributed by atoms with Crippen LogP contribution in [0, 0.1) is 0 Å². The SMILES string of the molecule is Clc1cccnc1NC1CC1.[Na+].[O-]c1ccsc1. The molecule has 1 aliphatic carbocycles. The molecule has 1 fully saturated rings. The first kappa shape index (κ1) is 15.8. The molecule has 3 rings (SSSR count). The molecule has 1 aliphatic rings. The third-order valence-corrected chi connectivity index (χ3v) is 3.14. The molecule has 0 bridgehead atoms. The number of nitrogens with zero attached hydrogens (tertiary/aromatic N) is 1. The van der Waals surface area contributed by atoms with Gasteiger partial charge in [-0.25, -0.2) is 4.98 Å². The van der Waals surface area contributed by atoms with Gasteiger partial charge in [0, 0.05) is 12.2 Å². The van der Waals surface area contributed by atoms with Crippen LogP contribution < -0.4 is 40.0 Å². The van der Waals surface area contributed by atoms with E-state index in [1.54, 1.807) is 23.0 Å². The first-order chi connectivity index (χ1) is 8.25. The number of nitrogens with one attached hydrogen (secondary N) is 1. The van der Waals surface area contributed by atoms with E-state index in [-0.39, 0.29) is 35.3 Å². The van der Waals surface area contributed by atoms with Crippen molar-refractivity contribution in [2.24, 2.45) is 0 Å². The summed E-state index contributed by atoms with van der Waals surface area (Å²) in [6.07, 6.45) is 4.23. The molecule has 18 heavy (non-hydrogen) atoms. The Morgan fingerprint density at radius 1 is 1.39 bits per heavy atom. The summed E-state index contributed by atoms with van der Waals surface area (Å²) in [6, 6.07) is 5.84. The molecule has 3 nitrogen and oxygen atoms in total. The summed E-state index contributed by atoms with van der Waals surface area (Å²) in [5.74, 6) is 0.927. The van der Waals surface area contributed by atoms with E-state index < -0.39 is 0 Å². The summed E-state index contributed by atoms with van der Waals surface area (Å²) in [5, 5.41) is 17.4. The molecule has 0 amide bonds. The molecule has 0 spiro atoms. The summed E-state index contributed by atoms with van der Waals surface area (Å²) in [6.45, 7) is 0. The van der Waals surface area contributed by atoms with Crippen molar-refractivity contribution in [2.75, 3.05) is 5.32 Å². The summed E-state index contributed by atoms with van der Waals surface area (Å²) >= 11 is 7.30. The number of aromatic nitrogens is 1. The smallest absolute Gasteiger partial charge is 0.872 e. The second-order valence-electron chi connectivity index (χ2n) is 3.71. The number of anilines is 1. The minimum Gasteiger partial charge on any atom is -0.872 e. The number of thiophene rings is 1. The third-order valence-electron chi connectivity index (χ3n) is 2.17. The van der Waals surface area contributed by atoms with Gasteiger partial charge in [-0.2, -0.15) is 11.3 Å². The van der Waals surface area contributed by atoms with Crippen LogP contribution in [0.5, 0.6) is 5.75 Å². The molecule has 6 heteroatoms. The van der Waals surface area contributed by atoms with Crippen molar-refractivity contribution in [3.05, 3.63) is 40.2 Å². The number of hydrogen-bond donors (Lipinski definition) is 1. The second kappa shape index (κ2) is 8.02. The minimum absolute atomic E-state index is 0. The Labute approximate surface area is 138 Å². The van der Waals surface area contributed by atoms with Gasteiger partial charge in [0.2, 0.25) is 0 Å². The minimum atomic E-state index is 0. The number of halogens is 1. The van der Waals surface area contributed by atoms with Crippen molar-refractivity contribution in [3.63, 3.8) is 0 Å². The molecule has 2 aromatic rings. The van der Waals surface area contributed by atoms with Crippen LogP contribution in [0.3, 0.4) is 0 Å². The summed E-state index contributed by atoms with van der Waals surface area (Å²) in [4.78, 5) is 4.12. The predicted octanol–water partition coefficient (Wildman–Crippen LogP) is 0.135. The van der Waals surface area contributed by atoms with Crippen LogP contribution in [0.25, 0.3) is 0 Å². The summed E-state index contributed by atoms with van der Waals surface area (Å²) in [7, 11) is 0. The number of hydrogen-bond acceptors (Lipinski definition) is 4. The molecule has 2 aromatic heterocycles. The van der Waals surface area contributed by atoms with Crippen LogP contribution >= 0.6 is 22.9 Å². The van der Waals surface area contributed by atoms with E-state index in [0.717, 1.165) is 5.82 Å². The molecule has 0 saturated heterocycles. The average molecular weight is 291 g/mol. The monoisotopic (exact) mass is 290 g/mol. The van der Waals surface area contributed by atoms with E-state index in [2.05, 4.69) is 10.3 Å². The largest absolute Gasteiger partial charge is 1.00 e. The van der Waals surface area contributed by atoms with Crippen molar-refractivity contribution >= 4 is 28.8 Å². The Balaban J connectivity index is 0.000000199. The fourth-order valence-corrected chi connectivity index (χ4v) is 1.84. The van der Waals surface area contributed by atoms with Gasteiger partial charge in [-0.15, -0.1) is 0 Å². The van der Waals surface area contributed by atoms with Gasteiger partial charge in [0.05, 0.1) is 5.02 Å². The predicted molar refractivity (Wildman–Crippen MR) is 69.7 cm³/mol. The zero-order chi connectivity index (χ0) is 12.1. The van der Waals surface area contributed by atoms with Crippen molar-refractivity contribution in [3.8, 4) is 5.75 Å². The van der Waals surface area contributed by atoms with Crippen LogP contribution in [0.2, 0.25) is 5.02 Å². The van der Waals surface area contributed by atoms with E-state index in [4.69, 9.17) is 11.6 Å². The van der Waals surface area contributed by atoms with Crippen LogP contribution in [-0.2, 0) is 0 Å². The molecule has 2 heterocycles. The summed E-state index contributed by atoms with van der Waals surface area (Å²) < 4.78 is 0. The van der Waals surface area contributed by atoms with Crippen molar-refractivity contribution in [1.29, 1.82) is 0 Å². The average Bonchev–Trinajstić information content (AvgIpc) is 3.02. The fraction of sp³-hybridized carbons (Fsp3) is 0.250. The molecule has 0 aromatic carbocycles. The topological polar surface area (TPSA) is 48.0 Å². The Bertz CT molecular complexity index is 463. The molecule has 0 radical (unpaired) electrons. The maximum atomic E-state index is 10.1. The molecule has 1 saturated carbocycles. The van der Waals surface area contributed by atoms with Gasteiger partial charge in [0.25, 0.3) is 0 Å². The van der Waals surface area contributed by atoms with Gasteiger partial charge >= 0.3 is 29.6 Å². The van der Waals surface area contributed by atoms with Gasteiger partial charge in [-0.3, -0.25) is 0 Å². The molecular formula is C12H12ClN2NaOS. The standard InChI is InChI=1S/C8H9ClN2.C4H4OS.Na/c9-7-2-1-5-10-8(7)11-6-3-4-6;5-4-1-2-6-3-4;/h1-2,5-6H,3-4H2,(H,10,11);1-3,5H;/q;;+1/p-1. The Morgan fingerprint density at radius 2 is 2.17 bits per heavy atom. The molecule has 1 N–H and O–H groups in total. The molecular weight excluding hydrogens is 279 g/mol. The van der Waals surface area contributed by atoms with E-state index in [9.17, 15) is 5.11 Å². The maximum absolute atomic E-state index is 10.1. The van der Waals surface area contributed by atoms with Gasteiger partial charge < -0.3 is 10.4 Å². The van der Waals surface area contributed by atoms with E-state index >= 15 is 0 Å². The van der Waals surface area contributed by atoms with Crippen LogP contribution in [0.1, 0.15) is 12.8 Å². The van der Waals surface area contributed by atoms with Gasteiger partial charge in [0.1, 0.15) is 5.82 Å². The van der Waals surface area contributed by atoms with E-state index in [1.807, 2.05) is 12.1 Å². The van der Waals surface area contributed by atoms with Crippen LogP contribution in [-0.4, -0.2) is 11.0 Å². The third kappa shape index (κ3) is 5.59. The van der Waals surface area contributed by atoms with Crippen LogP contribution in [0.15, 0.2) is 35.2 Å². The van der Waals surface area contributed by atoms with Gasteiger partial charge in [-0.05, 0) is 35.7 Å². The molecule has 90 valence electrons. The molecule has 0 atom stereocenters. The first-order valence-electron chi connectivity index (χ1n) is 5.32. The van der Waals surface area contributed by atoms with Crippen LogP contribution in [0.4, 0.5) is 5.82 Å². The fourth-order valence-electron chi connectivity index (χ4n) is 1.16. The molecule has 0 unspecified atom stereocenters. The van der Waals surface area contributed by atoms with Gasteiger partial charge in [-0.1, -0.05) is 23.4 Å². The summed E-state index contributed by atoms with van der Waals surface area (Å²) in [5.41, 5.74) is 0. The molecule has 0 aliphatic heterocycles. The Morgan fingerprint density at radius 3 is 2.61 bits per heavy atom. The normalized spacial score (nSPS) is 12.9. The quantitative estimate of drug-likeness (QED) is 0.800. The van der Waals surface area contributed by atoms with E-state index in [1.165, 1.54) is 24.2 Å². The Hall–Kier alpha value is -0.260. The maximum Gasteiger partial charge on any atom is 1.00 e. The Kier molecular flexibility index (Phi) is 7.04. The zero-order valence-electron chi connectivity index (χ0n) is 10.1. The van der Waals surface area contributed by atoms with Crippen molar-refractivity contribution in [1.82, 2.24) is 4.98 Å². The van der Waals surface area contributed by atoms with Crippen molar-refractivity contribution in [2.45, 2.75) is 18.9 Å². The second-order valence-corrected chi connectivity index (χ2v) is 4.90. The zero-order valence-corrected chi connectivity index (χ0v) is 13.7.